The van der Waals surface area contributed by atoms with Crippen molar-refractivity contribution in [3.63, 3.8) is 0 Å². The molecule has 0 aromatic rings. The fraction of sp³-hybridized carbons (Fsp3) is 0.750. The van der Waals surface area contributed by atoms with Gasteiger partial charge in [0, 0.05) is 6.04 Å². The van der Waals surface area contributed by atoms with E-state index in [1.807, 2.05) is 19.9 Å². The Morgan fingerprint density at radius 3 is 2.94 bits per heavy atom. The minimum atomic E-state index is -0.388. The molecule has 1 rings (SSSR count). The van der Waals surface area contributed by atoms with Crippen LogP contribution in [0.3, 0.4) is 0 Å². The number of carbonyl (C=O) groups excluding carboxylic acids is 1. The Balaban J connectivity index is 2.48. The van der Waals surface area contributed by atoms with Gasteiger partial charge in [0.2, 0.25) is 0 Å². The molecule has 0 saturated carbocycles. The van der Waals surface area contributed by atoms with E-state index in [0.717, 1.165) is 19.3 Å². The molecule has 0 radical (unpaired) electrons. The summed E-state index contributed by atoms with van der Waals surface area (Å²) in [5.74, 6) is 0. The topological polar surface area (TPSA) is 64.3 Å². The number of alkyl carbamates (subject to hydrolysis) is 1. The van der Waals surface area contributed by atoms with Crippen LogP contribution in [-0.2, 0) is 4.74 Å². The first-order chi connectivity index (χ1) is 7.59. The second-order valence-electron chi connectivity index (χ2n) is 4.50. The zero-order chi connectivity index (χ0) is 12.0. The highest BCUT2D eigenvalue weighted by Gasteiger charge is 2.19. The third kappa shape index (κ3) is 4.66. The Kier molecular flexibility index (Phi) is 5.32. The Labute approximate surface area is 97.2 Å². The predicted octanol–water partition coefficient (Wildman–Crippen LogP) is 1.95. The summed E-state index contributed by atoms with van der Waals surface area (Å²) >= 11 is 0. The molecule has 4 heteroatoms. The lowest BCUT2D eigenvalue weighted by molar-refractivity contribution is 0.112. The maximum absolute atomic E-state index is 11.4. The molecule has 0 heterocycles. The van der Waals surface area contributed by atoms with E-state index >= 15 is 0 Å². The molecule has 0 bridgehead atoms. The van der Waals surface area contributed by atoms with Gasteiger partial charge >= 0.3 is 6.09 Å². The van der Waals surface area contributed by atoms with Crippen molar-refractivity contribution in [2.45, 2.75) is 57.7 Å². The van der Waals surface area contributed by atoms with Gasteiger partial charge in [0.15, 0.2) is 0 Å². The maximum atomic E-state index is 11.4. The van der Waals surface area contributed by atoms with E-state index in [2.05, 4.69) is 11.4 Å². The van der Waals surface area contributed by atoms with Crippen LogP contribution >= 0.6 is 0 Å². The fourth-order valence-corrected chi connectivity index (χ4v) is 1.75. The van der Waals surface area contributed by atoms with Gasteiger partial charge in [-0.25, -0.2) is 4.79 Å². The monoisotopic (exact) mass is 226 g/mol. The number of amides is 1. The summed E-state index contributed by atoms with van der Waals surface area (Å²) in [5.41, 5.74) is 6.01. The summed E-state index contributed by atoms with van der Waals surface area (Å²) < 4.78 is 5.03. The van der Waals surface area contributed by atoms with Crippen LogP contribution in [0.25, 0.3) is 0 Å². The lowest BCUT2D eigenvalue weighted by Gasteiger charge is -2.24. The smallest absolute Gasteiger partial charge is 0.407 e. The van der Waals surface area contributed by atoms with Crippen LogP contribution in [0.4, 0.5) is 4.79 Å². The van der Waals surface area contributed by atoms with Crippen LogP contribution in [0.15, 0.2) is 12.2 Å². The highest BCUT2D eigenvalue weighted by molar-refractivity contribution is 5.68. The molecule has 92 valence electrons. The summed E-state index contributed by atoms with van der Waals surface area (Å²) in [6.07, 6.45) is 7.86. The number of hydrogen-bond donors (Lipinski definition) is 2. The van der Waals surface area contributed by atoms with Gasteiger partial charge < -0.3 is 15.8 Å². The van der Waals surface area contributed by atoms with E-state index in [0.29, 0.717) is 0 Å². The van der Waals surface area contributed by atoms with Crippen molar-refractivity contribution in [1.29, 1.82) is 0 Å². The molecule has 2 unspecified atom stereocenters. The van der Waals surface area contributed by atoms with Crippen LogP contribution in [0.2, 0.25) is 0 Å². The maximum Gasteiger partial charge on any atom is 0.407 e. The standard InChI is InChI=1S/C12H22N2O2/c1-9(2)16-12(15)14-11-8-6-4-3-5-7-10(11)13/h6,8-11H,3-5,7,13H2,1-2H3,(H,14,15)/b8-6+. The molecule has 0 aromatic heterocycles. The third-order valence-corrected chi connectivity index (χ3v) is 2.59. The number of carbonyl (C=O) groups is 1. The number of nitrogens with one attached hydrogen (secondary N) is 1. The third-order valence-electron chi connectivity index (χ3n) is 2.59. The number of nitrogens with two attached hydrogens (primary N) is 1. The van der Waals surface area contributed by atoms with Gasteiger partial charge in [0.05, 0.1) is 12.1 Å². The highest BCUT2D eigenvalue weighted by atomic mass is 16.6. The first-order valence-corrected chi connectivity index (χ1v) is 5.99. The summed E-state index contributed by atoms with van der Waals surface area (Å²) in [6.45, 7) is 3.65. The molecule has 0 aliphatic heterocycles. The van der Waals surface area contributed by atoms with Gasteiger partial charge in [0.1, 0.15) is 0 Å². The van der Waals surface area contributed by atoms with Gasteiger partial charge in [-0.15, -0.1) is 0 Å². The van der Waals surface area contributed by atoms with E-state index in [4.69, 9.17) is 10.5 Å². The van der Waals surface area contributed by atoms with Crippen molar-refractivity contribution in [3.8, 4) is 0 Å². The quantitative estimate of drug-likeness (QED) is 0.707. The molecule has 1 aliphatic rings. The van der Waals surface area contributed by atoms with Crippen molar-refractivity contribution in [3.05, 3.63) is 12.2 Å². The van der Waals surface area contributed by atoms with Crippen molar-refractivity contribution in [2.24, 2.45) is 5.73 Å². The molecule has 0 fully saturated rings. The minimum Gasteiger partial charge on any atom is -0.447 e. The van der Waals surface area contributed by atoms with Crippen molar-refractivity contribution in [2.75, 3.05) is 0 Å². The van der Waals surface area contributed by atoms with E-state index in [1.165, 1.54) is 6.42 Å². The molecule has 2 atom stereocenters. The SMILES string of the molecule is CC(C)OC(=O)NC1/C=C/CCCCC1N. The molecule has 1 aliphatic carbocycles. The number of allylic oxidation sites excluding steroid dienone is 1. The average molecular weight is 226 g/mol. The molecule has 0 saturated heterocycles. The lowest BCUT2D eigenvalue weighted by Crippen LogP contribution is -2.47. The molecular weight excluding hydrogens is 204 g/mol. The van der Waals surface area contributed by atoms with Gasteiger partial charge in [-0.2, -0.15) is 0 Å². The van der Waals surface area contributed by atoms with Gasteiger partial charge in [-0.1, -0.05) is 18.6 Å². The summed E-state index contributed by atoms with van der Waals surface area (Å²) in [6, 6.07) is -0.122. The van der Waals surface area contributed by atoms with E-state index in [1.54, 1.807) is 0 Å². The van der Waals surface area contributed by atoms with Crippen LogP contribution in [0.1, 0.15) is 39.5 Å². The largest absolute Gasteiger partial charge is 0.447 e. The Hall–Kier alpha value is -1.03. The van der Waals surface area contributed by atoms with Crippen molar-refractivity contribution >= 4 is 6.09 Å². The van der Waals surface area contributed by atoms with Crippen molar-refractivity contribution in [1.82, 2.24) is 5.32 Å². The summed E-state index contributed by atoms with van der Waals surface area (Å²) in [7, 11) is 0. The predicted molar refractivity (Wildman–Crippen MR) is 64.1 cm³/mol. The number of rotatable bonds is 2. The molecule has 1 amide bonds. The summed E-state index contributed by atoms with van der Waals surface area (Å²) in [4.78, 5) is 11.4. The van der Waals surface area contributed by atoms with Gasteiger partial charge in [-0.05, 0) is 33.1 Å². The van der Waals surface area contributed by atoms with Crippen LogP contribution in [0, 0.1) is 0 Å². The molecule has 0 aromatic carbocycles. The molecule has 3 N–H and O–H groups in total. The van der Waals surface area contributed by atoms with Crippen LogP contribution in [0.5, 0.6) is 0 Å². The van der Waals surface area contributed by atoms with Crippen LogP contribution in [-0.4, -0.2) is 24.3 Å². The first kappa shape index (κ1) is 13.0. The van der Waals surface area contributed by atoms with Crippen molar-refractivity contribution < 1.29 is 9.53 Å². The number of ether oxygens (including phenoxy) is 1. The molecule has 16 heavy (non-hydrogen) atoms. The minimum absolute atomic E-state index is 0.0173. The normalized spacial score (nSPS) is 28.0. The second-order valence-corrected chi connectivity index (χ2v) is 4.50. The molecular formula is C12H22N2O2. The van der Waals surface area contributed by atoms with Gasteiger partial charge in [0.25, 0.3) is 0 Å². The highest BCUT2D eigenvalue weighted by Crippen LogP contribution is 2.11. The zero-order valence-corrected chi connectivity index (χ0v) is 10.1. The lowest BCUT2D eigenvalue weighted by atomic mass is 9.98. The first-order valence-electron chi connectivity index (χ1n) is 5.99. The fourth-order valence-electron chi connectivity index (χ4n) is 1.75. The Morgan fingerprint density at radius 1 is 1.50 bits per heavy atom. The van der Waals surface area contributed by atoms with E-state index in [-0.39, 0.29) is 24.3 Å². The molecule has 0 spiro atoms. The van der Waals surface area contributed by atoms with Crippen LogP contribution < -0.4 is 11.1 Å². The second kappa shape index (κ2) is 6.53. The van der Waals surface area contributed by atoms with Gasteiger partial charge in [-0.3, -0.25) is 0 Å². The zero-order valence-electron chi connectivity index (χ0n) is 10.1. The number of hydrogen-bond acceptors (Lipinski definition) is 3. The average Bonchev–Trinajstić information content (AvgIpc) is 2.16. The van der Waals surface area contributed by atoms with E-state index in [9.17, 15) is 4.79 Å². The Morgan fingerprint density at radius 2 is 2.25 bits per heavy atom. The molecule has 4 nitrogen and oxygen atoms in total. The van der Waals surface area contributed by atoms with E-state index < -0.39 is 0 Å². The Bertz CT molecular complexity index is 251. The summed E-state index contributed by atoms with van der Waals surface area (Å²) in [5, 5.41) is 2.79.